The summed E-state index contributed by atoms with van der Waals surface area (Å²) in [6.45, 7) is 8.61. The summed E-state index contributed by atoms with van der Waals surface area (Å²) in [5.74, 6) is 0.886. The maximum absolute atomic E-state index is 5.27. The molecule has 1 fully saturated rings. The monoisotopic (exact) mass is 263 g/mol. The first-order valence-electron chi connectivity index (χ1n) is 7.15. The third-order valence-electron chi connectivity index (χ3n) is 3.73. The van der Waals surface area contributed by atoms with E-state index in [1.54, 1.807) is 7.11 Å². The topological polar surface area (TPSA) is 37.4 Å². The lowest BCUT2D eigenvalue weighted by atomic mass is 10.2. The predicted molar refractivity (Wildman–Crippen MR) is 77.5 cm³/mol. The van der Waals surface area contributed by atoms with Crippen molar-refractivity contribution >= 4 is 0 Å². The van der Waals surface area contributed by atoms with Crippen molar-refractivity contribution in [2.75, 3.05) is 26.7 Å². The van der Waals surface area contributed by atoms with Gasteiger partial charge < -0.3 is 10.1 Å². The van der Waals surface area contributed by atoms with E-state index >= 15 is 0 Å². The highest BCUT2D eigenvalue weighted by molar-refractivity contribution is 5.26. The molecule has 1 N–H and O–H groups in total. The van der Waals surface area contributed by atoms with E-state index in [0.29, 0.717) is 6.04 Å². The summed E-state index contributed by atoms with van der Waals surface area (Å²) in [6, 6.07) is 4.56. The van der Waals surface area contributed by atoms with Crippen molar-refractivity contribution in [2.45, 2.75) is 39.3 Å². The normalized spacial score (nSPS) is 17.6. The third kappa shape index (κ3) is 4.18. The van der Waals surface area contributed by atoms with Crippen LogP contribution in [0.5, 0.6) is 5.75 Å². The van der Waals surface area contributed by atoms with Crippen molar-refractivity contribution < 1.29 is 4.74 Å². The number of hydrogen-bond donors (Lipinski definition) is 1. The average molecular weight is 263 g/mol. The molecule has 4 nitrogen and oxygen atoms in total. The van der Waals surface area contributed by atoms with Gasteiger partial charge in [0.05, 0.1) is 12.8 Å². The number of aryl methyl sites for hydroxylation is 1. The van der Waals surface area contributed by atoms with E-state index in [4.69, 9.17) is 4.74 Å². The average Bonchev–Trinajstić information content (AvgIpc) is 2.92. The van der Waals surface area contributed by atoms with Gasteiger partial charge in [0.25, 0.3) is 0 Å². The molecule has 2 rings (SSSR count). The Hall–Kier alpha value is -1.13. The molecule has 1 aliphatic heterocycles. The standard InChI is InChI=1S/C15H25N3O/c1-12-8-15(19-3)9-14(17-12)11-16-10-13(2)18-6-4-5-7-18/h8-9,13,16H,4-7,10-11H2,1-3H3. The summed E-state index contributed by atoms with van der Waals surface area (Å²) < 4.78 is 5.27. The van der Waals surface area contributed by atoms with Crippen LogP contribution in [0.2, 0.25) is 0 Å². The lowest BCUT2D eigenvalue weighted by Gasteiger charge is -2.23. The Balaban J connectivity index is 1.80. The Morgan fingerprint density at radius 2 is 2.11 bits per heavy atom. The van der Waals surface area contributed by atoms with Gasteiger partial charge in [-0.3, -0.25) is 9.88 Å². The minimum absolute atomic E-state index is 0.606. The fraction of sp³-hybridized carbons (Fsp3) is 0.667. The molecule has 0 spiro atoms. The number of pyridine rings is 1. The largest absolute Gasteiger partial charge is 0.497 e. The van der Waals surface area contributed by atoms with Crippen molar-refractivity contribution in [2.24, 2.45) is 0 Å². The third-order valence-corrected chi connectivity index (χ3v) is 3.73. The Kier molecular flexibility index (Phi) is 5.16. The molecular weight excluding hydrogens is 238 g/mol. The van der Waals surface area contributed by atoms with Gasteiger partial charge in [-0.2, -0.15) is 0 Å². The smallest absolute Gasteiger partial charge is 0.122 e. The summed E-state index contributed by atoms with van der Waals surface area (Å²) >= 11 is 0. The summed E-state index contributed by atoms with van der Waals surface area (Å²) in [5, 5.41) is 3.50. The summed E-state index contributed by atoms with van der Waals surface area (Å²) in [6.07, 6.45) is 2.70. The zero-order valence-electron chi connectivity index (χ0n) is 12.3. The van der Waals surface area contributed by atoms with Crippen LogP contribution in [0.1, 0.15) is 31.2 Å². The second-order valence-corrected chi connectivity index (χ2v) is 5.36. The highest BCUT2D eigenvalue weighted by Gasteiger charge is 2.17. The van der Waals surface area contributed by atoms with Gasteiger partial charge in [0, 0.05) is 37.0 Å². The van der Waals surface area contributed by atoms with E-state index in [2.05, 4.69) is 22.1 Å². The maximum Gasteiger partial charge on any atom is 0.122 e. The molecule has 0 aliphatic carbocycles. The predicted octanol–water partition coefficient (Wildman–Crippen LogP) is 1.97. The first kappa shape index (κ1) is 14.3. The van der Waals surface area contributed by atoms with E-state index < -0.39 is 0 Å². The summed E-state index contributed by atoms with van der Waals surface area (Å²) in [7, 11) is 1.70. The quantitative estimate of drug-likeness (QED) is 0.851. The van der Waals surface area contributed by atoms with Gasteiger partial charge in [-0.15, -0.1) is 0 Å². The van der Waals surface area contributed by atoms with E-state index in [0.717, 1.165) is 30.2 Å². The van der Waals surface area contributed by atoms with Crippen LogP contribution in [0.3, 0.4) is 0 Å². The highest BCUT2D eigenvalue weighted by atomic mass is 16.5. The number of aromatic nitrogens is 1. The van der Waals surface area contributed by atoms with Crippen LogP contribution < -0.4 is 10.1 Å². The van der Waals surface area contributed by atoms with Crippen molar-refractivity contribution in [1.29, 1.82) is 0 Å². The van der Waals surface area contributed by atoms with Crippen LogP contribution in [0, 0.1) is 6.92 Å². The molecule has 4 heteroatoms. The number of ether oxygens (including phenoxy) is 1. The molecule has 0 saturated carbocycles. The second kappa shape index (κ2) is 6.87. The zero-order chi connectivity index (χ0) is 13.7. The molecular formula is C15H25N3O. The van der Waals surface area contributed by atoms with Crippen LogP contribution in [0.4, 0.5) is 0 Å². The van der Waals surface area contributed by atoms with Gasteiger partial charge in [0.1, 0.15) is 5.75 Å². The molecule has 0 bridgehead atoms. The van der Waals surface area contributed by atoms with Gasteiger partial charge >= 0.3 is 0 Å². The number of nitrogens with one attached hydrogen (secondary N) is 1. The molecule has 2 heterocycles. The number of likely N-dealkylation sites (tertiary alicyclic amines) is 1. The summed E-state index contributed by atoms with van der Waals surface area (Å²) in [4.78, 5) is 7.07. The molecule has 19 heavy (non-hydrogen) atoms. The van der Waals surface area contributed by atoms with Gasteiger partial charge in [0.2, 0.25) is 0 Å². The van der Waals surface area contributed by atoms with Gasteiger partial charge in [-0.25, -0.2) is 0 Å². The Labute approximate surface area is 116 Å². The number of nitrogens with zero attached hydrogens (tertiary/aromatic N) is 2. The van der Waals surface area contributed by atoms with Crippen LogP contribution in [0.15, 0.2) is 12.1 Å². The fourth-order valence-corrected chi connectivity index (χ4v) is 2.63. The molecule has 0 radical (unpaired) electrons. The van der Waals surface area contributed by atoms with E-state index in [-0.39, 0.29) is 0 Å². The molecule has 0 amide bonds. The van der Waals surface area contributed by atoms with Crippen molar-refractivity contribution in [1.82, 2.24) is 15.2 Å². The van der Waals surface area contributed by atoms with Crippen LogP contribution in [-0.2, 0) is 6.54 Å². The molecule has 0 aromatic carbocycles. The van der Waals surface area contributed by atoms with Crippen molar-refractivity contribution in [3.63, 3.8) is 0 Å². The highest BCUT2D eigenvalue weighted by Crippen LogP contribution is 2.13. The van der Waals surface area contributed by atoms with Crippen molar-refractivity contribution in [3.8, 4) is 5.75 Å². The summed E-state index contributed by atoms with van der Waals surface area (Å²) in [5.41, 5.74) is 2.05. The van der Waals surface area contributed by atoms with E-state index in [1.165, 1.54) is 25.9 Å². The SMILES string of the molecule is COc1cc(C)nc(CNCC(C)N2CCCC2)c1. The Morgan fingerprint density at radius 1 is 1.37 bits per heavy atom. The van der Waals surface area contributed by atoms with Gasteiger partial charge in [-0.05, 0) is 39.8 Å². The lowest BCUT2D eigenvalue weighted by molar-refractivity contribution is 0.251. The molecule has 1 atom stereocenters. The van der Waals surface area contributed by atoms with Crippen LogP contribution in [0.25, 0.3) is 0 Å². The number of hydrogen-bond acceptors (Lipinski definition) is 4. The second-order valence-electron chi connectivity index (χ2n) is 5.36. The van der Waals surface area contributed by atoms with Crippen LogP contribution >= 0.6 is 0 Å². The molecule has 1 saturated heterocycles. The van der Waals surface area contributed by atoms with Crippen LogP contribution in [-0.4, -0.2) is 42.7 Å². The first-order valence-corrected chi connectivity index (χ1v) is 7.15. The van der Waals surface area contributed by atoms with E-state index in [9.17, 15) is 0 Å². The molecule has 106 valence electrons. The fourth-order valence-electron chi connectivity index (χ4n) is 2.63. The number of methoxy groups -OCH3 is 1. The first-order chi connectivity index (χ1) is 9.19. The van der Waals surface area contributed by atoms with Crippen molar-refractivity contribution in [3.05, 3.63) is 23.5 Å². The number of rotatable bonds is 6. The van der Waals surface area contributed by atoms with E-state index in [1.807, 2.05) is 19.1 Å². The minimum atomic E-state index is 0.606. The maximum atomic E-state index is 5.27. The zero-order valence-corrected chi connectivity index (χ0v) is 12.3. The molecule has 1 aliphatic rings. The van der Waals surface area contributed by atoms with Gasteiger partial charge in [0.15, 0.2) is 0 Å². The lowest BCUT2D eigenvalue weighted by Crippen LogP contribution is -2.38. The van der Waals surface area contributed by atoms with Gasteiger partial charge in [-0.1, -0.05) is 0 Å². The minimum Gasteiger partial charge on any atom is -0.497 e. The molecule has 1 aromatic rings. The molecule has 1 aromatic heterocycles. The Bertz CT molecular complexity index is 402. The molecule has 1 unspecified atom stereocenters. The Morgan fingerprint density at radius 3 is 2.79 bits per heavy atom.